The molecule has 1 heterocycles. The Bertz CT molecular complexity index is 1340. The first-order chi connectivity index (χ1) is 18.7. The Morgan fingerprint density at radius 3 is 2.18 bits per heavy atom. The summed E-state index contributed by atoms with van der Waals surface area (Å²) in [5.41, 5.74) is 3.02. The number of nitrogens with zero attached hydrogens (tertiary/aromatic N) is 3. The number of oxime groups is 1. The van der Waals surface area contributed by atoms with E-state index in [1.54, 1.807) is 12.1 Å². The van der Waals surface area contributed by atoms with Gasteiger partial charge in [-0.25, -0.2) is 4.79 Å². The third kappa shape index (κ3) is 8.12. The zero-order valence-electron chi connectivity index (χ0n) is 23.4. The molecular weight excluding hydrogens is 498 g/mol. The van der Waals surface area contributed by atoms with Gasteiger partial charge in [-0.1, -0.05) is 56.7 Å². The van der Waals surface area contributed by atoms with Gasteiger partial charge in [0.05, 0.1) is 10.6 Å². The van der Waals surface area contributed by atoms with Gasteiger partial charge in [-0.3, -0.25) is 14.9 Å². The number of hydrogen-bond acceptors (Lipinski definition) is 7. The minimum absolute atomic E-state index is 0.0153. The van der Waals surface area contributed by atoms with Crippen LogP contribution < -0.4 is 0 Å². The molecule has 9 nitrogen and oxygen atoms in total. The molecule has 0 spiro atoms. The van der Waals surface area contributed by atoms with E-state index >= 15 is 0 Å². The number of unbranched alkanes of at least 4 members (excludes halogenated alkanes) is 6. The topological polar surface area (TPSA) is 113 Å². The molecule has 0 aliphatic rings. The maximum atomic E-state index is 11.9. The number of aromatic nitrogens is 1. The lowest BCUT2D eigenvalue weighted by molar-refractivity contribution is -0.384. The molecule has 1 aromatic heterocycles. The highest BCUT2D eigenvalue weighted by atomic mass is 16.7. The lowest BCUT2D eigenvalue weighted by Gasteiger charge is -2.18. The van der Waals surface area contributed by atoms with Crippen LogP contribution in [-0.2, 0) is 25.7 Å². The number of fused-ring (bicyclic) bond motifs is 3. The Hall–Kier alpha value is -3.75. The van der Waals surface area contributed by atoms with Crippen LogP contribution in [0.25, 0.3) is 21.8 Å². The molecule has 1 unspecified atom stereocenters. The van der Waals surface area contributed by atoms with Gasteiger partial charge in [0.2, 0.25) is 0 Å². The number of hydrogen-bond donors (Lipinski definition) is 0. The third-order valence-corrected chi connectivity index (χ3v) is 6.88. The van der Waals surface area contributed by atoms with Crippen LogP contribution >= 0.6 is 0 Å². The van der Waals surface area contributed by atoms with Crippen molar-refractivity contribution in [1.82, 2.24) is 4.57 Å². The Morgan fingerprint density at radius 1 is 0.923 bits per heavy atom. The molecule has 0 aliphatic heterocycles. The van der Waals surface area contributed by atoms with E-state index in [1.807, 2.05) is 25.1 Å². The molecule has 0 bridgehead atoms. The summed E-state index contributed by atoms with van der Waals surface area (Å²) in [6.45, 7) is 7.58. The molecule has 9 heteroatoms. The van der Waals surface area contributed by atoms with Crippen LogP contribution in [0.5, 0.6) is 0 Å². The number of aryl methyl sites for hydroxylation is 1. The van der Waals surface area contributed by atoms with Crippen molar-refractivity contribution in [3.63, 3.8) is 0 Å². The van der Waals surface area contributed by atoms with Crippen LogP contribution in [0, 0.1) is 10.1 Å². The Labute approximate surface area is 229 Å². The predicted molar refractivity (Wildman–Crippen MR) is 153 cm³/mol. The smallest absolute Gasteiger partial charge is 0.331 e. The van der Waals surface area contributed by atoms with E-state index in [-0.39, 0.29) is 18.1 Å². The number of carbonyl (C=O) groups excluding carboxylic acids is 2. The Morgan fingerprint density at radius 2 is 1.56 bits per heavy atom. The lowest BCUT2D eigenvalue weighted by atomic mass is 9.98. The van der Waals surface area contributed by atoms with Gasteiger partial charge in [-0.05, 0) is 38.0 Å². The van der Waals surface area contributed by atoms with Crippen molar-refractivity contribution < 1.29 is 24.1 Å². The van der Waals surface area contributed by atoms with Crippen LogP contribution in [0.15, 0.2) is 41.6 Å². The lowest BCUT2D eigenvalue weighted by Crippen LogP contribution is -2.21. The Balaban J connectivity index is 1.93. The van der Waals surface area contributed by atoms with Crippen LogP contribution in [0.4, 0.5) is 5.69 Å². The zero-order valence-corrected chi connectivity index (χ0v) is 23.4. The van der Waals surface area contributed by atoms with Crippen molar-refractivity contribution in [2.45, 2.75) is 98.1 Å². The summed E-state index contributed by atoms with van der Waals surface area (Å²) in [6.07, 6.45) is 8.55. The summed E-state index contributed by atoms with van der Waals surface area (Å²) < 4.78 is 7.74. The first-order valence-corrected chi connectivity index (χ1v) is 13.9. The molecule has 3 aromatic rings. The summed E-state index contributed by atoms with van der Waals surface area (Å²) in [7, 11) is 0. The molecular formula is C30H39N3O6. The van der Waals surface area contributed by atoms with E-state index in [9.17, 15) is 19.7 Å². The molecule has 0 fully saturated rings. The van der Waals surface area contributed by atoms with Crippen molar-refractivity contribution >= 4 is 45.1 Å². The number of carbonyl (C=O) groups is 2. The van der Waals surface area contributed by atoms with Crippen molar-refractivity contribution in [3.8, 4) is 0 Å². The molecule has 0 saturated carbocycles. The first-order valence-electron chi connectivity index (χ1n) is 13.9. The number of ether oxygens (including phenoxy) is 1. The zero-order chi connectivity index (χ0) is 28.4. The summed E-state index contributed by atoms with van der Waals surface area (Å²) in [5.74, 6) is -0.925. The summed E-state index contributed by atoms with van der Waals surface area (Å²) in [4.78, 5) is 39.6. The van der Waals surface area contributed by atoms with E-state index in [0.717, 1.165) is 41.1 Å². The fourth-order valence-corrected chi connectivity index (χ4v) is 5.04. The standard InChI is InChI=1S/C30H39N3O6/c1-5-7-8-9-10-11-12-13-25(38-21(3)34)20-28(31-39-22(4)35)23-14-16-29-26(18-23)27-19-24(33(36)37)15-17-30(27)32(29)6-2/h14-19,25H,5-13,20H2,1-4H3/b31-28+. The quantitative estimate of drug-likeness (QED) is 0.0497. The summed E-state index contributed by atoms with van der Waals surface area (Å²) >= 11 is 0. The molecule has 0 aliphatic carbocycles. The number of nitro benzene ring substituents is 1. The average Bonchev–Trinajstić information content (AvgIpc) is 3.22. The first kappa shape index (κ1) is 29.8. The predicted octanol–water partition coefficient (Wildman–Crippen LogP) is 7.45. The van der Waals surface area contributed by atoms with Crippen LogP contribution in [0.2, 0.25) is 0 Å². The van der Waals surface area contributed by atoms with Gasteiger partial charge >= 0.3 is 11.9 Å². The maximum absolute atomic E-state index is 11.9. The second-order valence-corrected chi connectivity index (χ2v) is 9.90. The molecule has 0 saturated heterocycles. The molecule has 0 N–H and O–H groups in total. The number of non-ortho nitro benzene ring substituents is 1. The number of esters is 1. The van der Waals surface area contributed by atoms with Gasteiger partial charge in [-0.2, -0.15) is 0 Å². The van der Waals surface area contributed by atoms with Crippen LogP contribution in [0.1, 0.15) is 91.0 Å². The van der Waals surface area contributed by atoms with Crippen molar-refractivity contribution in [2.75, 3.05) is 0 Å². The normalized spacial score (nSPS) is 12.6. The van der Waals surface area contributed by atoms with Crippen molar-refractivity contribution in [1.29, 1.82) is 0 Å². The van der Waals surface area contributed by atoms with Crippen LogP contribution in [-0.4, -0.2) is 33.2 Å². The minimum atomic E-state index is -0.553. The molecule has 2 aromatic carbocycles. The largest absolute Gasteiger partial charge is 0.462 e. The minimum Gasteiger partial charge on any atom is -0.462 e. The summed E-state index contributed by atoms with van der Waals surface area (Å²) in [5, 5.41) is 17.2. The van der Waals surface area contributed by atoms with Gasteiger partial charge in [-0.15, -0.1) is 0 Å². The van der Waals surface area contributed by atoms with Crippen LogP contribution in [0.3, 0.4) is 0 Å². The highest BCUT2D eigenvalue weighted by Crippen LogP contribution is 2.33. The fraction of sp³-hybridized carbons (Fsp3) is 0.500. The van der Waals surface area contributed by atoms with E-state index in [2.05, 4.69) is 16.6 Å². The van der Waals surface area contributed by atoms with Gasteiger partial charge in [0.1, 0.15) is 6.10 Å². The second-order valence-electron chi connectivity index (χ2n) is 9.90. The molecule has 3 rings (SSSR count). The molecule has 1 atom stereocenters. The van der Waals surface area contributed by atoms with E-state index in [4.69, 9.17) is 9.57 Å². The fourth-order valence-electron chi connectivity index (χ4n) is 5.04. The highest BCUT2D eigenvalue weighted by Gasteiger charge is 2.20. The van der Waals surface area contributed by atoms with E-state index in [0.29, 0.717) is 24.2 Å². The molecule has 39 heavy (non-hydrogen) atoms. The maximum Gasteiger partial charge on any atom is 0.331 e. The van der Waals surface area contributed by atoms with Crippen molar-refractivity contribution in [3.05, 3.63) is 52.1 Å². The molecule has 0 radical (unpaired) electrons. The average molecular weight is 538 g/mol. The highest BCUT2D eigenvalue weighted by molar-refractivity contribution is 6.12. The summed E-state index contributed by atoms with van der Waals surface area (Å²) in [6, 6.07) is 10.6. The van der Waals surface area contributed by atoms with Gasteiger partial charge < -0.3 is 14.1 Å². The molecule has 210 valence electrons. The van der Waals surface area contributed by atoms with Crippen molar-refractivity contribution in [2.24, 2.45) is 5.16 Å². The van der Waals surface area contributed by atoms with E-state index < -0.39 is 17.0 Å². The number of rotatable bonds is 15. The van der Waals surface area contributed by atoms with Gasteiger partial charge in [0.25, 0.3) is 5.69 Å². The number of benzene rings is 2. The monoisotopic (exact) mass is 537 g/mol. The second kappa shape index (κ2) is 14.4. The third-order valence-electron chi connectivity index (χ3n) is 6.88. The SMILES string of the molecule is CCCCCCCCCC(C/C(=N\OC(C)=O)c1ccc2c(c1)c1cc([N+](=O)[O-])ccc1n2CC)OC(C)=O. The van der Waals surface area contributed by atoms with E-state index in [1.165, 1.54) is 45.6 Å². The Kier molecular flexibility index (Phi) is 11.0. The number of nitro groups is 1. The van der Waals surface area contributed by atoms with Gasteiger partial charge in [0.15, 0.2) is 0 Å². The van der Waals surface area contributed by atoms with Gasteiger partial charge in [0, 0.05) is 66.3 Å². The molecule has 0 amide bonds.